The van der Waals surface area contributed by atoms with Crippen LogP contribution in [0.5, 0.6) is 0 Å². The van der Waals surface area contributed by atoms with Crippen molar-refractivity contribution in [2.45, 2.75) is 90.2 Å². The summed E-state index contributed by atoms with van der Waals surface area (Å²) in [7, 11) is 0. The Kier molecular flexibility index (Phi) is 13.8. The second kappa shape index (κ2) is 17.8. The molecule has 0 bridgehead atoms. The molecule has 2 amide bonds. The van der Waals surface area contributed by atoms with Crippen LogP contribution in [0.1, 0.15) is 96.1 Å². The fourth-order valence-corrected chi connectivity index (χ4v) is 6.61. The Hall–Kier alpha value is -2.62. The molecule has 1 saturated heterocycles. The highest BCUT2D eigenvalue weighted by molar-refractivity contribution is 7.99. The number of carbonyl (C=O) groups is 1. The molecule has 0 atom stereocenters. The summed E-state index contributed by atoms with van der Waals surface area (Å²) >= 11 is 1.67. The molecule has 3 heterocycles. The maximum atomic E-state index is 13.8. The van der Waals surface area contributed by atoms with Crippen molar-refractivity contribution in [3.05, 3.63) is 47.7 Å². The number of hydrogen-bond donors (Lipinski definition) is 1. The standard InChI is InChI=1S/C35H54N6O2S/c1-6-7-8-9-10-19-41(34(42)37-32-29(27(2)3)14-11-15-30(32)28(4)5)25-24-40-22-20-39(21-23-40)18-13-26-44-35-38-33-31(43-35)16-12-17-36-33/h11-12,14-17,27-28H,6-10,13,18-26H2,1-5H3,(H,37,42). The number of unbranched alkanes of at least 4 members (excludes halogenated alkanes) is 4. The predicted octanol–water partition coefficient (Wildman–Crippen LogP) is 8.07. The third-order valence-electron chi connectivity index (χ3n) is 8.56. The van der Waals surface area contributed by atoms with Crippen LogP contribution in [0.3, 0.4) is 0 Å². The number of aromatic nitrogens is 2. The Labute approximate surface area is 269 Å². The number of hydrogen-bond acceptors (Lipinski definition) is 7. The number of nitrogens with one attached hydrogen (secondary N) is 1. The van der Waals surface area contributed by atoms with E-state index >= 15 is 0 Å². The highest BCUT2D eigenvalue weighted by atomic mass is 32.2. The maximum absolute atomic E-state index is 13.8. The lowest BCUT2D eigenvalue weighted by molar-refractivity contribution is 0.122. The summed E-state index contributed by atoms with van der Waals surface area (Å²) in [4.78, 5) is 29.6. The van der Waals surface area contributed by atoms with Crippen molar-refractivity contribution in [3.8, 4) is 0 Å². The van der Waals surface area contributed by atoms with E-state index in [0.717, 1.165) is 82.2 Å². The lowest BCUT2D eigenvalue weighted by atomic mass is 9.93. The normalized spacial score (nSPS) is 14.6. The van der Waals surface area contributed by atoms with Gasteiger partial charge >= 0.3 is 6.03 Å². The maximum Gasteiger partial charge on any atom is 0.321 e. The Balaban J connectivity index is 1.24. The van der Waals surface area contributed by atoms with E-state index in [-0.39, 0.29) is 6.03 Å². The first kappa shape index (κ1) is 34.3. The van der Waals surface area contributed by atoms with Gasteiger partial charge in [-0.3, -0.25) is 4.90 Å². The van der Waals surface area contributed by atoms with E-state index in [4.69, 9.17) is 4.42 Å². The third kappa shape index (κ3) is 10.2. The minimum absolute atomic E-state index is 0.0429. The van der Waals surface area contributed by atoms with Crippen molar-refractivity contribution in [2.24, 2.45) is 0 Å². The van der Waals surface area contributed by atoms with Crippen LogP contribution < -0.4 is 5.32 Å². The second-order valence-corrected chi connectivity index (χ2v) is 13.7. The van der Waals surface area contributed by atoms with Gasteiger partial charge < -0.3 is 19.5 Å². The first-order valence-electron chi connectivity index (χ1n) is 16.8. The lowest BCUT2D eigenvalue weighted by Crippen LogP contribution is -2.49. The number of thioether (sulfide) groups is 1. The zero-order chi connectivity index (χ0) is 31.3. The monoisotopic (exact) mass is 622 g/mol. The molecule has 9 heteroatoms. The molecule has 0 saturated carbocycles. The first-order valence-corrected chi connectivity index (χ1v) is 17.8. The number of benzene rings is 1. The van der Waals surface area contributed by atoms with Gasteiger partial charge in [-0.05, 0) is 54.5 Å². The molecule has 1 aromatic carbocycles. The van der Waals surface area contributed by atoms with Crippen LogP contribution in [0.25, 0.3) is 11.2 Å². The molecule has 242 valence electrons. The molecule has 1 aliphatic heterocycles. The number of urea groups is 1. The van der Waals surface area contributed by atoms with Crippen molar-refractivity contribution in [2.75, 3.05) is 63.4 Å². The number of piperazine rings is 1. The number of para-hydroxylation sites is 1. The van der Waals surface area contributed by atoms with Crippen LogP contribution in [-0.2, 0) is 0 Å². The zero-order valence-electron chi connectivity index (χ0n) is 27.7. The van der Waals surface area contributed by atoms with Crippen LogP contribution in [-0.4, -0.2) is 88.8 Å². The van der Waals surface area contributed by atoms with Gasteiger partial charge in [0.2, 0.25) is 0 Å². The van der Waals surface area contributed by atoms with Crippen LogP contribution in [0.15, 0.2) is 46.2 Å². The fourth-order valence-electron chi connectivity index (χ4n) is 5.86. The van der Waals surface area contributed by atoms with Gasteiger partial charge in [-0.1, -0.05) is 90.3 Å². The summed E-state index contributed by atoms with van der Waals surface area (Å²) in [6.07, 6.45) is 8.82. The number of amides is 2. The van der Waals surface area contributed by atoms with E-state index in [1.807, 2.05) is 12.1 Å². The quantitative estimate of drug-likeness (QED) is 0.120. The van der Waals surface area contributed by atoms with E-state index in [1.165, 1.54) is 36.8 Å². The van der Waals surface area contributed by atoms with Gasteiger partial charge in [-0.15, -0.1) is 0 Å². The van der Waals surface area contributed by atoms with E-state index in [2.05, 4.69) is 82.8 Å². The molecular weight excluding hydrogens is 568 g/mol. The first-order chi connectivity index (χ1) is 21.4. The van der Waals surface area contributed by atoms with Gasteiger partial charge in [0.25, 0.3) is 5.22 Å². The second-order valence-electron chi connectivity index (χ2n) is 12.6. The molecule has 0 radical (unpaired) electrons. The molecule has 44 heavy (non-hydrogen) atoms. The van der Waals surface area contributed by atoms with E-state index in [0.29, 0.717) is 22.7 Å². The summed E-state index contributed by atoms with van der Waals surface area (Å²) in [5.41, 5.74) is 4.87. The van der Waals surface area contributed by atoms with Gasteiger partial charge in [0.05, 0.1) is 0 Å². The van der Waals surface area contributed by atoms with Crippen LogP contribution in [0.4, 0.5) is 10.5 Å². The lowest BCUT2D eigenvalue weighted by Gasteiger charge is -2.36. The van der Waals surface area contributed by atoms with Crippen molar-refractivity contribution in [1.29, 1.82) is 0 Å². The molecule has 1 fully saturated rings. The molecule has 3 aromatic rings. The van der Waals surface area contributed by atoms with Crippen molar-refractivity contribution >= 4 is 34.7 Å². The molecule has 1 aliphatic rings. The summed E-state index contributed by atoms with van der Waals surface area (Å²) in [6, 6.07) is 10.3. The number of pyridine rings is 1. The Morgan fingerprint density at radius 3 is 2.25 bits per heavy atom. The molecule has 0 aliphatic carbocycles. The minimum Gasteiger partial charge on any atom is -0.430 e. The average molecular weight is 623 g/mol. The van der Waals surface area contributed by atoms with Crippen LogP contribution in [0, 0.1) is 0 Å². The van der Waals surface area contributed by atoms with E-state index < -0.39 is 0 Å². The predicted molar refractivity (Wildman–Crippen MR) is 184 cm³/mol. The summed E-state index contributed by atoms with van der Waals surface area (Å²) in [5.74, 6) is 1.68. The smallest absolute Gasteiger partial charge is 0.321 e. The third-order valence-corrected chi connectivity index (χ3v) is 9.48. The van der Waals surface area contributed by atoms with Gasteiger partial charge in [-0.2, -0.15) is 4.98 Å². The number of fused-ring (bicyclic) bond motifs is 1. The van der Waals surface area contributed by atoms with Crippen LogP contribution in [0.2, 0.25) is 0 Å². The van der Waals surface area contributed by atoms with Crippen molar-refractivity contribution in [1.82, 2.24) is 24.7 Å². The largest absolute Gasteiger partial charge is 0.430 e. The van der Waals surface area contributed by atoms with Gasteiger partial charge in [0.1, 0.15) is 0 Å². The number of nitrogens with zero attached hydrogens (tertiary/aromatic N) is 5. The van der Waals surface area contributed by atoms with Crippen molar-refractivity contribution in [3.63, 3.8) is 0 Å². The molecule has 4 rings (SSSR count). The molecule has 8 nitrogen and oxygen atoms in total. The number of carbonyl (C=O) groups excluding carboxylic acids is 1. The van der Waals surface area contributed by atoms with Crippen LogP contribution >= 0.6 is 11.8 Å². The molecule has 0 spiro atoms. The highest BCUT2D eigenvalue weighted by Crippen LogP contribution is 2.32. The topological polar surface area (TPSA) is 77.7 Å². The average Bonchev–Trinajstić information content (AvgIpc) is 3.44. The van der Waals surface area contributed by atoms with Gasteiger partial charge in [0.15, 0.2) is 11.2 Å². The van der Waals surface area contributed by atoms with Gasteiger partial charge in [0, 0.05) is 63.5 Å². The van der Waals surface area contributed by atoms with E-state index in [1.54, 1.807) is 18.0 Å². The molecular formula is C35H54N6O2S. The highest BCUT2D eigenvalue weighted by Gasteiger charge is 2.22. The van der Waals surface area contributed by atoms with Crippen molar-refractivity contribution < 1.29 is 9.21 Å². The molecule has 2 aromatic heterocycles. The molecule has 1 N–H and O–H groups in total. The van der Waals surface area contributed by atoms with Gasteiger partial charge in [-0.25, -0.2) is 9.78 Å². The minimum atomic E-state index is 0.0429. The summed E-state index contributed by atoms with van der Waals surface area (Å²) in [5, 5.41) is 4.08. The fraction of sp³-hybridized carbons (Fsp3) is 0.629. The Morgan fingerprint density at radius 2 is 1.59 bits per heavy atom. The molecule has 0 unspecified atom stereocenters. The zero-order valence-corrected chi connectivity index (χ0v) is 28.5. The Bertz CT molecular complexity index is 1230. The summed E-state index contributed by atoms with van der Waals surface area (Å²) in [6.45, 7) is 18.9. The number of anilines is 1. The van der Waals surface area contributed by atoms with E-state index in [9.17, 15) is 4.79 Å². The summed E-state index contributed by atoms with van der Waals surface area (Å²) < 4.78 is 5.78. The number of rotatable bonds is 17. The number of oxazole rings is 1. The SMILES string of the molecule is CCCCCCCN(CCN1CCN(CCCSc2nc3ncccc3o2)CC1)C(=O)Nc1c(C(C)C)cccc1C(C)C. The Morgan fingerprint density at radius 1 is 0.909 bits per heavy atom.